The minimum atomic E-state index is -0.163. The molecule has 0 aliphatic carbocycles. The summed E-state index contributed by atoms with van der Waals surface area (Å²) in [6.45, 7) is 1.87. The highest BCUT2D eigenvalue weighted by atomic mass is 35.5. The monoisotopic (exact) mass is 297 g/mol. The lowest BCUT2D eigenvalue weighted by Crippen LogP contribution is -2.18. The molecule has 19 heavy (non-hydrogen) atoms. The van der Waals surface area contributed by atoms with E-state index in [1.165, 1.54) is 0 Å². The van der Waals surface area contributed by atoms with Crippen molar-refractivity contribution in [1.82, 2.24) is 9.97 Å². The molecule has 0 saturated carbocycles. The third kappa shape index (κ3) is 3.80. The first-order chi connectivity index (χ1) is 9.08. The van der Waals surface area contributed by atoms with Crippen LogP contribution in [0.25, 0.3) is 11.4 Å². The standard InChI is InChI=1S/C13H13Cl2N3O/c1-8(19-2)16-12-7-11(15)17-13(18-12)9-3-5-10(14)6-4-9/h3-8H,1-2H3,(H,16,17,18). The lowest BCUT2D eigenvalue weighted by atomic mass is 10.2. The Bertz CT molecular complexity index is 560. The summed E-state index contributed by atoms with van der Waals surface area (Å²) in [5, 5.41) is 4.10. The van der Waals surface area contributed by atoms with E-state index in [0.717, 1.165) is 5.56 Å². The maximum atomic E-state index is 6.00. The number of methoxy groups -OCH3 is 1. The number of nitrogens with one attached hydrogen (secondary N) is 1. The third-order valence-corrected chi connectivity index (χ3v) is 2.95. The Labute approximate surface area is 121 Å². The van der Waals surface area contributed by atoms with E-state index in [9.17, 15) is 0 Å². The molecule has 1 aromatic carbocycles. The number of rotatable bonds is 4. The molecule has 100 valence electrons. The quantitative estimate of drug-likeness (QED) is 0.688. The molecule has 0 radical (unpaired) electrons. The van der Waals surface area contributed by atoms with Gasteiger partial charge in [0, 0.05) is 23.8 Å². The zero-order valence-corrected chi connectivity index (χ0v) is 12.0. The van der Waals surface area contributed by atoms with E-state index in [-0.39, 0.29) is 6.23 Å². The van der Waals surface area contributed by atoms with Gasteiger partial charge in [-0.25, -0.2) is 9.97 Å². The van der Waals surface area contributed by atoms with E-state index in [0.29, 0.717) is 21.8 Å². The first kappa shape index (κ1) is 14.1. The van der Waals surface area contributed by atoms with E-state index in [1.807, 2.05) is 19.1 Å². The molecule has 1 unspecified atom stereocenters. The van der Waals surface area contributed by atoms with Gasteiger partial charge < -0.3 is 10.1 Å². The molecule has 0 aliphatic heterocycles. The number of hydrogen-bond donors (Lipinski definition) is 1. The Hall–Kier alpha value is -1.36. The van der Waals surface area contributed by atoms with Gasteiger partial charge in [-0.1, -0.05) is 23.2 Å². The molecule has 0 saturated heterocycles. The molecule has 0 fully saturated rings. The molecule has 2 rings (SSSR count). The van der Waals surface area contributed by atoms with E-state index >= 15 is 0 Å². The molecule has 1 N–H and O–H groups in total. The van der Waals surface area contributed by atoms with Crippen LogP contribution in [0.5, 0.6) is 0 Å². The average molecular weight is 298 g/mol. The number of aromatic nitrogens is 2. The van der Waals surface area contributed by atoms with Crippen LogP contribution < -0.4 is 5.32 Å². The second-order valence-corrected chi connectivity index (χ2v) is 4.75. The van der Waals surface area contributed by atoms with Crippen LogP contribution in [0.2, 0.25) is 10.2 Å². The molecule has 4 nitrogen and oxygen atoms in total. The van der Waals surface area contributed by atoms with Crippen molar-refractivity contribution >= 4 is 29.0 Å². The molecular formula is C13H13Cl2N3O. The molecule has 1 heterocycles. The SMILES string of the molecule is COC(C)Nc1cc(Cl)nc(-c2ccc(Cl)cc2)n1. The van der Waals surface area contributed by atoms with Crippen LogP contribution >= 0.6 is 23.2 Å². The summed E-state index contributed by atoms with van der Waals surface area (Å²) in [4.78, 5) is 8.59. The Morgan fingerprint density at radius 1 is 1.16 bits per heavy atom. The third-order valence-electron chi connectivity index (χ3n) is 2.50. The van der Waals surface area contributed by atoms with Crippen LogP contribution in [0.15, 0.2) is 30.3 Å². The van der Waals surface area contributed by atoms with Crippen molar-refractivity contribution in [2.75, 3.05) is 12.4 Å². The summed E-state index contributed by atoms with van der Waals surface area (Å²) in [6.07, 6.45) is -0.163. The first-order valence-electron chi connectivity index (χ1n) is 5.68. The van der Waals surface area contributed by atoms with Gasteiger partial charge in [0.15, 0.2) is 5.82 Å². The fraction of sp³-hybridized carbons (Fsp3) is 0.231. The average Bonchev–Trinajstić information content (AvgIpc) is 2.38. The summed E-state index contributed by atoms with van der Waals surface area (Å²) in [7, 11) is 1.61. The molecule has 1 aromatic heterocycles. The Kier molecular flexibility index (Phi) is 4.58. The predicted octanol–water partition coefficient (Wildman–Crippen LogP) is 3.85. The number of anilines is 1. The van der Waals surface area contributed by atoms with Crippen LogP contribution in [0, 0.1) is 0 Å². The van der Waals surface area contributed by atoms with Gasteiger partial charge in [-0.2, -0.15) is 0 Å². The largest absolute Gasteiger partial charge is 0.362 e. The van der Waals surface area contributed by atoms with Crippen molar-refractivity contribution in [3.8, 4) is 11.4 Å². The number of halogens is 2. The van der Waals surface area contributed by atoms with Crippen LogP contribution in [0.4, 0.5) is 5.82 Å². The Morgan fingerprint density at radius 3 is 2.47 bits per heavy atom. The summed E-state index contributed by atoms with van der Waals surface area (Å²) in [5.74, 6) is 1.15. The highest BCUT2D eigenvalue weighted by Gasteiger charge is 2.07. The fourth-order valence-electron chi connectivity index (χ4n) is 1.49. The zero-order chi connectivity index (χ0) is 13.8. The molecule has 0 amide bonds. The van der Waals surface area contributed by atoms with Crippen molar-refractivity contribution in [2.45, 2.75) is 13.2 Å². The van der Waals surface area contributed by atoms with E-state index in [4.69, 9.17) is 27.9 Å². The van der Waals surface area contributed by atoms with Gasteiger partial charge in [0.2, 0.25) is 0 Å². The van der Waals surface area contributed by atoms with Gasteiger partial charge >= 0.3 is 0 Å². The van der Waals surface area contributed by atoms with Crippen molar-refractivity contribution in [2.24, 2.45) is 0 Å². The van der Waals surface area contributed by atoms with Gasteiger partial charge in [0.05, 0.1) is 0 Å². The molecule has 1 atom stereocenters. The van der Waals surface area contributed by atoms with Crippen molar-refractivity contribution in [3.05, 3.63) is 40.5 Å². The van der Waals surface area contributed by atoms with Crippen molar-refractivity contribution < 1.29 is 4.74 Å². The highest BCUT2D eigenvalue weighted by molar-refractivity contribution is 6.30. The van der Waals surface area contributed by atoms with Crippen LogP contribution in [-0.4, -0.2) is 23.3 Å². The number of benzene rings is 1. The lowest BCUT2D eigenvalue weighted by Gasteiger charge is -2.13. The Morgan fingerprint density at radius 2 is 1.84 bits per heavy atom. The minimum absolute atomic E-state index is 0.163. The second kappa shape index (κ2) is 6.19. The molecule has 2 aromatic rings. The van der Waals surface area contributed by atoms with Crippen LogP contribution in [0.1, 0.15) is 6.92 Å². The maximum absolute atomic E-state index is 6.00. The fourth-order valence-corrected chi connectivity index (χ4v) is 1.80. The summed E-state index contributed by atoms with van der Waals surface area (Å²) < 4.78 is 5.12. The number of hydrogen-bond acceptors (Lipinski definition) is 4. The van der Waals surface area contributed by atoms with Gasteiger partial charge in [-0.3, -0.25) is 0 Å². The molecule has 0 spiro atoms. The van der Waals surface area contributed by atoms with E-state index in [2.05, 4.69) is 15.3 Å². The molecule has 6 heteroatoms. The summed E-state index contributed by atoms with van der Waals surface area (Å²) in [5.41, 5.74) is 0.847. The van der Waals surface area contributed by atoms with Crippen molar-refractivity contribution in [1.29, 1.82) is 0 Å². The second-order valence-electron chi connectivity index (χ2n) is 3.93. The normalized spacial score (nSPS) is 12.2. The number of ether oxygens (including phenoxy) is 1. The van der Waals surface area contributed by atoms with Crippen LogP contribution in [0.3, 0.4) is 0 Å². The van der Waals surface area contributed by atoms with E-state index in [1.54, 1.807) is 25.3 Å². The topological polar surface area (TPSA) is 47.0 Å². The lowest BCUT2D eigenvalue weighted by molar-refractivity contribution is 0.140. The molecule has 0 aliphatic rings. The van der Waals surface area contributed by atoms with Crippen molar-refractivity contribution in [3.63, 3.8) is 0 Å². The van der Waals surface area contributed by atoms with Gasteiger partial charge in [0.1, 0.15) is 17.2 Å². The molecular weight excluding hydrogens is 285 g/mol. The predicted molar refractivity (Wildman–Crippen MR) is 77.6 cm³/mol. The van der Waals surface area contributed by atoms with Crippen LogP contribution in [-0.2, 0) is 4.74 Å². The van der Waals surface area contributed by atoms with E-state index < -0.39 is 0 Å². The molecule has 0 bridgehead atoms. The summed E-state index contributed by atoms with van der Waals surface area (Å²) >= 11 is 11.9. The minimum Gasteiger partial charge on any atom is -0.362 e. The first-order valence-corrected chi connectivity index (χ1v) is 6.44. The van der Waals surface area contributed by atoms with Gasteiger partial charge in [0.25, 0.3) is 0 Å². The zero-order valence-electron chi connectivity index (χ0n) is 10.5. The maximum Gasteiger partial charge on any atom is 0.163 e. The number of nitrogens with zero attached hydrogens (tertiary/aromatic N) is 2. The Balaban J connectivity index is 2.33. The summed E-state index contributed by atoms with van der Waals surface area (Å²) in [6, 6.07) is 8.91. The smallest absolute Gasteiger partial charge is 0.163 e. The van der Waals surface area contributed by atoms with Gasteiger partial charge in [-0.05, 0) is 31.2 Å². The highest BCUT2D eigenvalue weighted by Crippen LogP contribution is 2.22. The van der Waals surface area contributed by atoms with Gasteiger partial charge in [-0.15, -0.1) is 0 Å².